The van der Waals surface area contributed by atoms with E-state index in [2.05, 4.69) is 20.9 Å². The summed E-state index contributed by atoms with van der Waals surface area (Å²) < 4.78 is 2.90. The summed E-state index contributed by atoms with van der Waals surface area (Å²) in [6.07, 6.45) is 7.14. The Labute approximate surface area is 119 Å². The molecule has 0 amide bonds. The largest absolute Gasteiger partial charge is 0.478 e. The molecule has 0 radical (unpaired) electrons. The van der Waals surface area contributed by atoms with Crippen molar-refractivity contribution < 1.29 is 9.90 Å². The number of aryl methyl sites for hydroxylation is 1. The summed E-state index contributed by atoms with van der Waals surface area (Å²) in [5, 5.41) is 8.74. The minimum Gasteiger partial charge on any atom is -0.478 e. The van der Waals surface area contributed by atoms with Crippen LogP contribution in [0.15, 0.2) is 41.1 Å². The van der Waals surface area contributed by atoms with E-state index in [1.807, 2.05) is 35.9 Å². The molecule has 1 heterocycles. The van der Waals surface area contributed by atoms with Crippen molar-refractivity contribution in [2.45, 2.75) is 13.3 Å². The molecular weight excluding hydrogens is 308 g/mol. The van der Waals surface area contributed by atoms with E-state index in [-0.39, 0.29) is 0 Å². The van der Waals surface area contributed by atoms with Gasteiger partial charge in [0.15, 0.2) is 0 Å². The summed E-state index contributed by atoms with van der Waals surface area (Å²) >= 11 is 3.43. The second-order valence-corrected chi connectivity index (χ2v) is 4.86. The van der Waals surface area contributed by atoms with Gasteiger partial charge in [0.2, 0.25) is 0 Å². The van der Waals surface area contributed by atoms with Gasteiger partial charge in [0.1, 0.15) is 5.82 Å². The normalized spacial score (nSPS) is 11.1. The highest BCUT2D eigenvalue weighted by Gasteiger charge is 2.07. The zero-order chi connectivity index (χ0) is 13.8. The smallest absolute Gasteiger partial charge is 0.328 e. The van der Waals surface area contributed by atoms with Crippen LogP contribution in [0.5, 0.6) is 0 Å². The number of nitrogens with zero attached hydrogens (tertiary/aromatic N) is 2. The Balaban J connectivity index is 2.54. The second-order valence-electron chi connectivity index (χ2n) is 3.94. The monoisotopic (exact) mass is 320 g/mol. The molecule has 0 aliphatic carbocycles. The van der Waals surface area contributed by atoms with Crippen molar-refractivity contribution in [3.05, 3.63) is 52.5 Å². The Bertz CT molecular complexity index is 632. The average molecular weight is 321 g/mol. The van der Waals surface area contributed by atoms with Gasteiger partial charge in [-0.15, -0.1) is 0 Å². The van der Waals surface area contributed by atoms with Crippen LogP contribution in [0.4, 0.5) is 0 Å². The van der Waals surface area contributed by atoms with E-state index >= 15 is 0 Å². The molecule has 2 aromatic rings. The van der Waals surface area contributed by atoms with Crippen LogP contribution in [0, 0.1) is 0 Å². The van der Waals surface area contributed by atoms with Gasteiger partial charge in [-0.05, 0) is 23.8 Å². The van der Waals surface area contributed by atoms with Crippen LogP contribution in [0.2, 0.25) is 0 Å². The number of benzene rings is 1. The van der Waals surface area contributed by atoms with Gasteiger partial charge in [0.05, 0.1) is 5.69 Å². The lowest BCUT2D eigenvalue weighted by Gasteiger charge is -2.10. The van der Waals surface area contributed by atoms with Crippen LogP contribution in [0.1, 0.15) is 18.3 Å². The van der Waals surface area contributed by atoms with Gasteiger partial charge in [-0.1, -0.05) is 28.9 Å². The molecule has 0 aliphatic heterocycles. The number of aromatic nitrogens is 2. The first-order valence-corrected chi connectivity index (χ1v) is 6.64. The SMILES string of the molecule is CCc1nccn1-c1cc(Br)ccc1C=CC(=O)O. The summed E-state index contributed by atoms with van der Waals surface area (Å²) in [7, 11) is 0. The molecule has 1 aromatic carbocycles. The molecule has 2 rings (SSSR count). The van der Waals surface area contributed by atoms with Crippen LogP contribution in [0.25, 0.3) is 11.8 Å². The van der Waals surface area contributed by atoms with E-state index in [0.717, 1.165) is 34.0 Å². The van der Waals surface area contributed by atoms with Crippen LogP contribution in [-0.4, -0.2) is 20.6 Å². The minimum atomic E-state index is -0.963. The fraction of sp³-hybridized carbons (Fsp3) is 0.143. The molecule has 0 spiro atoms. The Morgan fingerprint density at radius 1 is 1.53 bits per heavy atom. The number of carboxylic acids is 1. The van der Waals surface area contributed by atoms with Crippen molar-refractivity contribution in [1.29, 1.82) is 0 Å². The van der Waals surface area contributed by atoms with Crippen molar-refractivity contribution in [2.75, 3.05) is 0 Å². The lowest BCUT2D eigenvalue weighted by molar-refractivity contribution is -0.131. The highest BCUT2D eigenvalue weighted by atomic mass is 79.9. The molecule has 5 heteroatoms. The standard InChI is InChI=1S/C14H13BrN2O2/c1-2-13-16-7-8-17(13)12-9-11(15)5-3-10(12)4-6-14(18)19/h3-9H,2H2,1H3,(H,18,19). The van der Waals surface area contributed by atoms with Crippen molar-refractivity contribution in [2.24, 2.45) is 0 Å². The van der Waals surface area contributed by atoms with E-state index in [4.69, 9.17) is 5.11 Å². The van der Waals surface area contributed by atoms with Gasteiger partial charge in [-0.25, -0.2) is 9.78 Å². The van der Waals surface area contributed by atoms with Gasteiger partial charge < -0.3 is 9.67 Å². The molecule has 0 saturated heterocycles. The van der Waals surface area contributed by atoms with E-state index < -0.39 is 5.97 Å². The number of rotatable bonds is 4. The first-order chi connectivity index (χ1) is 9.11. The predicted molar refractivity (Wildman–Crippen MR) is 77.3 cm³/mol. The summed E-state index contributed by atoms with van der Waals surface area (Å²) in [6.45, 7) is 2.03. The summed E-state index contributed by atoms with van der Waals surface area (Å²) in [4.78, 5) is 14.9. The van der Waals surface area contributed by atoms with Crippen molar-refractivity contribution in [3.8, 4) is 5.69 Å². The van der Waals surface area contributed by atoms with Crippen LogP contribution < -0.4 is 0 Å². The fourth-order valence-electron chi connectivity index (χ4n) is 1.84. The molecule has 0 fully saturated rings. The Morgan fingerprint density at radius 2 is 2.32 bits per heavy atom. The molecule has 0 unspecified atom stereocenters. The average Bonchev–Trinajstić information content (AvgIpc) is 2.85. The molecule has 1 aromatic heterocycles. The number of hydrogen-bond acceptors (Lipinski definition) is 2. The zero-order valence-electron chi connectivity index (χ0n) is 10.4. The molecular formula is C14H13BrN2O2. The lowest BCUT2D eigenvalue weighted by Crippen LogP contribution is -2.01. The van der Waals surface area contributed by atoms with E-state index in [9.17, 15) is 4.79 Å². The number of halogens is 1. The summed E-state index contributed by atoms with van der Waals surface area (Å²) in [5.41, 5.74) is 1.74. The number of carbonyl (C=O) groups is 1. The van der Waals surface area contributed by atoms with E-state index in [1.165, 1.54) is 0 Å². The molecule has 0 atom stereocenters. The Morgan fingerprint density at radius 3 is 3.00 bits per heavy atom. The van der Waals surface area contributed by atoms with Crippen LogP contribution in [0.3, 0.4) is 0 Å². The topological polar surface area (TPSA) is 55.1 Å². The lowest BCUT2D eigenvalue weighted by atomic mass is 10.1. The molecule has 19 heavy (non-hydrogen) atoms. The van der Waals surface area contributed by atoms with Gasteiger partial charge in [0, 0.05) is 29.4 Å². The Kier molecular flexibility index (Phi) is 4.16. The highest BCUT2D eigenvalue weighted by Crippen LogP contribution is 2.23. The van der Waals surface area contributed by atoms with Gasteiger partial charge in [-0.3, -0.25) is 0 Å². The van der Waals surface area contributed by atoms with E-state index in [0.29, 0.717) is 0 Å². The molecule has 0 saturated carbocycles. The van der Waals surface area contributed by atoms with Gasteiger partial charge >= 0.3 is 5.97 Å². The summed E-state index contributed by atoms with van der Waals surface area (Å²) in [5.74, 6) is -0.0294. The van der Waals surface area contributed by atoms with Crippen molar-refractivity contribution in [3.63, 3.8) is 0 Å². The maximum atomic E-state index is 10.6. The van der Waals surface area contributed by atoms with E-state index in [1.54, 1.807) is 12.3 Å². The summed E-state index contributed by atoms with van der Waals surface area (Å²) in [6, 6.07) is 5.70. The van der Waals surface area contributed by atoms with Crippen LogP contribution in [-0.2, 0) is 11.2 Å². The number of aliphatic carboxylic acids is 1. The Hall–Kier alpha value is -1.88. The second kappa shape index (κ2) is 5.84. The van der Waals surface area contributed by atoms with Gasteiger partial charge in [0.25, 0.3) is 0 Å². The van der Waals surface area contributed by atoms with Gasteiger partial charge in [-0.2, -0.15) is 0 Å². The maximum absolute atomic E-state index is 10.6. The van der Waals surface area contributed by atoms with Crippen LogP contribution >= 0.6 is 15.9 Å². The quantitative estimate of drug-likeness (QED) is 0.879. The van der Waals surface area contributed by atoms with Crippen molar-refractivity contribution >= 4 is 28.0 Å². The zero-order valence-corrected chi connectivity index (χ0v) is 12.0. The third-order valence-corrected chi connectivity index (χ3v) is 3.18. The molecule has 4 nitrogen and oxygen atoms in total. The first-order valence-electron chi connectivity index (χ1n) is 5.85. The fourth-order valence-corrected chi connectivity index (χ4v) is 2.19. The minimum absolute atomic E-state index is 0.807. The number of carboxylic acid groups (broad SMARTS) is 1. The molecule has 0 aliphatic rings. The number of imidazole rings is 1. The predicted octanol–water partition coefficient (Wildman–Crippen LogP) is 3.30. The molecule has 1 N–H and O–H groups in total. The first kappa shape index (κ1) is 13.5. The van der Waals surface area contributed by atoms with Crippen molar-refractivity contribution in [1.82, 2.24) is 9.55 Å². The highest BCUT2D eigenvalue weighted by molar-refractivity contribution is 9.10. The number of hydrogen-bond donors (Lipinski definition) is 1. The maximum Gasteiger partial charge on any atom is 0.328 e. The molecule has 98 valence electrons. The molecule has 0 bridgehead atoms. The third kappa shape index (κ3) is 3.12. The third-order valence-electron chi connectivity index (χ3n) is 2.69.